The van der Waals surface area contributed by atoms with Gasteiger partial charge < -0.3 is 5.73 Å². The summed E-state index contributed by atoms with van der Waals surface area (Å²) in [6, 6.07) is -0.180. The minimum atomic E-state index is -0.246. The van der Waals surface area contributed by atoms with Crippen molar-refractivity contribution in [1.29, 1.82) is 0 Å². The summed E-state index contributed by atoms with van der Waals surface area (Å²) < 4.78 is 3.51. The Balaban J connectivity index is 2.51. The highest BCUT2D eigenvalue weighted by molar-refractivity contribution is 7.09. The number of hydrogen-bond donors (Lipinski definition) is 2. The number of aromatic nitrogens is 3. The number of amides is 1. The number of nitrogens with one attached hydrogen (secondary N) is 1. The van der Waals surface area contributed by atoms with Crippen LogP contribution in [-0.2, 0) is 4.79 Å². The molecule has 0 spiro atoms. The molecule has 2 unspecified atom stereocenters. The van der Waals surface area contributed by atoms with Gasteiger partial charge in [0.2, 0.25) is 11.0 Å². The van der Waals surface area contributed by atoms with Gasteiger partial charge in [-0.3, -0.25) is 10.1 Å². The van der Waals surface area contributed by atoms with Gasteiger partial charge in [0, 0.05) is 17.6 Å². The van der Waals surface area contributed by atoms with Gasteiger partial charge in [0.15, 0.2) is 0 Å². The molecular weight excluding hydrogens is 190 g/mol. The zero-order valence-electron chi connectivity index (χ0n) is 7.39. The lowest BCUT2D eigenvalue weighted by Crippen LogP contribution is -2.34. The first-order chi connectivity index (χ1) is 6.11. The topological polar surface area (TPSA) is 93.8 Å². The number of hydrogen-bond acceptors (Lipinski definition) is 6. The normalized spacial score (nSPS) is 15.0. The Kier molecular flexibility index (Phi) is 3.26. The Labute approximate surface area is 79.7 Å². The van der Waals surface area contributed by atoms with Crippen LogP contribution in [0.25, 0.3) is 0 Å². The first-order valence-corrected chi connectivity index (χ1v) is 4.60. The number of nitrogens with two attached hydrogens (primary N) is 1. The molecule has 6 nitrogen and oxygen atoms in total. The molecule has 0 aromatic carbocycles. The molecule has 1 rings (SSSR count). The summed E-state index contributed by atoms with van der Waals surface area (Å²) in [6.07, 6.45) is 0. The molecule has 72 valence electrons. The van der Waals surface area contributed by atoms with Crippen LogP contribution in [0.2, 0.25) is 0 Å². The molecule has 0 radical (unpaired) electrons. The highest BCUT2D eigenvalue weighted by Crippen LogP contribution is 2.08. The highest BCUT2D eigenvalue weighted by Gasteiger charge is 2.17. The summed E-state index contributed by atoms with van der Waals surface area (Å²) in [4.78, 5) is 11.4. The molecule has 2 atom stereocenters. The quantitative estimate of drug-likeness (QED) is 0.709. The third-order valence-electron chi connectivity index (χ3n) is 1.73. The van der Waals surface area contributed by atoms with Crippen molar-refractivity contribution in [2.24, 2.45) is 11.7 Å². The molecule has 0 aliphatic rings. The van der Waals surface area contributed by atoms with Gasteiger partial charge in [-0.25, -0.2) is 0 Å². The van der Waals surface area contributed by atoms with E-state index in [-0.39, 0.29) is 17.9 Å². The second-order valence-corrected chi connectivity index (χ2v) is 3.54. The average molecular weight is 201 g/mol. The van der Waals surface area contributed by atoms with Crippen LogP contribution in [0, 0.1) is 5.92 Å². The maximum absolute atomic E-state index is 11.4. The van der Waals surface area contributed by atoms with Gasteiger partial charge in [0.05, 0.1) is 5.92 Å². The van der Waals surface area contributed by atoms with Crippen LogP contribution in [0.4, 0.5) is 5.13 Å². The fourth-order valence-corrected chi connectivity index (χ4v) is 1.01. The zero-order valence-corrected chi connectivity index (χ0v) is 8.21. The molecule has 1 heterocycles. The third-order valence-corrected chi connectivity index (χ3v) is 2.24. The van der Waals surface area contributed by atoms with Gasteiger partial charge in [-0.05, 0) is 12.1 Å². The van der Waals surface area contributed by atoms with Gasteiger partial charge in [0.1, 0.15) is 0 Å². The van der Waals surface area contributed by atoms with Crippen molar-refractivity contribution in [2.45, 2.75) is 19.9 Å². The maximum atomic E-state index is 11.4. The van der Waals surface area contributed by atoms with Crippen LogP contribution < -0.4 is 11.1 Å². The summed E-state index contributed by atoms with van der Waals surface area (Å²) in [5.74, 6) is -0.405. The second-order valence-electron chi connectivity index (χ2n) is 2.80. The van der Waals surface area contributed by atoms with Crippen molar-refractivity contribution < 1.29 is 4.79 Å². The van der Waals surface area contributed by atoms with Crippen LogP contribution in [0.15, 0.2) is 0 Å². The van der Waals surface area contributed by atoms with Crippen LogP contribution in [0.5, 0.6) is 0 Å². The van der Waals surface area contributed by atoms with E-state index in [9.17, 15) is 4.79 Å². The van der Waals surface area contributed by atoms with Crippen molar-refractivity contribution in [3.8, 4) is 0 Å². The number of nitrogens with zero attached hydrogens (tertiary/aromatic N) is 3. The van der Waals surface area contributed by atoms with Crippen LogP contribution in [-0.4, -0.2) is 26.7 Å². The lowest BCUT2D eigenvalue weighted by molar-refractivity contribution is -0.119. The standard InChI is InChI=1S/C6H11N5OS/c1-3(4(2)7)5(12)8-6-9-10-11-13-6/h3-4H,7H2,1-2H3,(H,8,9,11,12). The van der Waals surface area contributed by atoms with Gasteiger partial charge >= 0.3 is 0 Å². The number of anilines is 1. The van der Waals surface area contributed by atoms with E-state index in [4.69, 9.17) is 5.73 Å². The van der Waals surface area contributed by atoms with Crippen molar-refractivity contribution in [2.75, 3.05) is 5.32 Å². The van der Waals surface area contributed by atoms with Gasteiger partial charge in [-0.2, -0.15) is 0 Å². The third kappa shape index (κ3) is 2.71. The van der Waals surface area contributed by atoms with E-state index in [1.807, 2.05) is 0 Å². The highest BCUT2D eigenvalue weighted by atomic mass is 32.1. The minimum absolute atomic E-state index is 0.159. The Morgan fingerprint density at radius 2 is 2.31 bits per heavy atom. The molecule has 1 amide bonds. The maximum Gasteiger partial charge on any atom is 0.231 e. The molecule has 13 heavy (non-hydrogen) atoms. The minimum Gasteiger partial charge on any atom is -0.327 e. The lowest BCUT2D eigenvalue weighted by Gasteiger charge is -2.13. The monoisotopic (exact) mass is 201 g/mol. The molecule has 0 fully saturated rings. The van der Waals surface area contributed by atoms with Gasteiger partial charge in [-0.15, -0.1) is 0 Å². The molecule has 0 bridgehead atoms. The smallest absolute Gasteiger partial charge is 0.231 e. The molecule has 0 saturated heterocycles. The van der Waals surface area contributed by atoms with Crippen LogP contribution in [0.3, 0.4) is 0 Å². The van der Waals surface area contributed by atoms with Crippen molar-refractivity contribution >= 4 is 22.6 Å². The van der Waals surface area contributed by atoms with Crippen molar-refractivity contribution in [1.82, 2.24) is 14.8 Å². The Hall–Kier alpha value is -1.08. The molecule has 0 saturated carbocycles. The summed E-state index contributed by atoms with van der Waals surface area (Å²) in [7, 11) is 0. The summed E-state index contributed by atoms with van der Waals surface area (Å²) in [6.45, 7) is 3.54. The van der Waals surface area contributed by atoms with E-state index >= 15 is 0 Å². The van der Waals surface area contributed by atoms with E-state index < -0.39 is 0 Å². The van der Waals surface area contributed by atoms with Gasteiger partial charge in [-0.1, -0.05) is 16.5 Å². The molecular formula is C6H11N5OS. The van der Waals surface area contributed by atoms with Gasteiger partial charge in [0.25, 0.3) is 0 Å². The zero-order chi connectivity index (χ0) is 9.84. The molecule has 1 aromatic heterocycles. The largest absolute Gasteiger partial charge is 0.327 e. The van der Waals surface area contributed by atoms with E-state index in [1.54, 1.807) is 13.8 Å². The van der Waals surface area contributed by atoms with E-state index in [0.29, 0.717) is 5.13 Å². The summed E-state index contributed by atoms with van der Waals surface area (Å²) in [5, 5.41) is 9.90. The average Bonchev–Trinajstić information content (AvgIpc) is 2.55. The first-order valence-electron chi connectivity index (χ1n) is 3.82. The fraction of sp³-hybridized carbons (Fsp3) is 0.667. The van der Waals surface area contributed by atoms with E-state index in [2.05, 4.69) is 20.1 Å². The fourth-order valence-electron chi connectivity index (χ4n) is 0.640. The summed E-state index contributed by atoms with van der Waals surface area (Å²) >= 11 is 1.04. The number of carbonyl (C=O) groups is 1. The Morgan fingerprint density at radius 1 is 1.62 bits per heavy atom. The number of carbonyl (C=O) groups excluding carboxylic acids is 1. The first kappa shape index (κ1) is 10.0. The molecule has 0 aliphatic heterocycles. The predicted molar refractivity (Wildman–Crippen MR) is 49.1 cm³/mol. The molecule has 3 N–H and O–H groups in total. The Morgan fingerprint density at radius 3 is 2.77 bits per heavy atom. The van der Waals surface area contributed by atoms with Crippen molar-refractivity contribution in [3.63, 3.8) is 0 Å². The molecule has 0 aliphatic carbocycles. The predicted octanol–water partition coefficient (Wildman–Crippen LogP) is -0.145. The molecule has 1 aromatic rings. The second kappa shape index (κ2) is 4.24. The SMILES string of the molecule is CC(N)C(C)C(=O)Nc1nnns1. The Bertz CT molecular complexity index is 273. The van der Waals surface area contributed by atoms with Crippen LogP contribution >= 0.6 is 11.5 Å². The molecule has 7 heteroatoms. The lowest BCUT2D eigenvalue weighted by atomic mass is 10.0. The van der Waals surface area contributed by atoms with Crippen molar-refractivity contribution in [3.05, 3.63) is 0 Å². The number of rotatable bonds is 3. The summed E-state index contributed by atoms with van der Waals surface area (Å²) in [5.41, 5.74) is 5.56. The van der Waals surface area contributed by atoms with E-state index in [0.717, 1.165) is 11.5 Å². The van der Waals surface area contributed by atoms with Crippen LogP contribution in [0.1, 0.15) is 13.8 Å². The van der Waals surface area contributed by atoms with E-state index in [1.165, 1.54) is 0 Å².